The number of halogens is 5. The summed E-state index contributed by atoms with van der Waals surface area (Å²) >= 11 is 0. The zero-order valence-corrected chi connectivity index (χ0v) is 10.4. The number of alkyl halides is 3. The van der Waals surface area contributed by atoms with E-state index in [0.29, 0.717) is 18.2 Å². The van der Waals surface area contributed by atoms with E-state index >= 15 is 0 Å². The lowest BCUT2D eigenvalue weighted by Gasteiger charge is -2.25. The first-order valence-corrected chi connectivity index (χ1v) is 4.70. The van der Waals surface area contributed by atoms with E-state index in [1.807, 2.05) is 0 Å². The Kier molecular flexibility index (Phi) is 5.70. The number of hydrogen-bond acceptors (Lipinski definition) is 3. The van der Waals surface area contributed by atoms with Crippen LogP contribution in [0.4, 0.5) is 13.2 Å². The van der Waals surface area contributed by atoms with Gasteiger partial charge in [0.15, 0.2) is 0 Å². The molecule has 1 aromatic rings. The molecule has 4 nitrogen and oxygen atoms in total. The zero-order chi connectivity index (χ0) is 11.1. The molecular formula is C8H13Cl2F3N4. The SMILES string of the molecule is Cl.Cl.NCc1nnc2n1CCC(C(F)(F)F)C2. The molecule has 0 bridgehead atoms. The Bertz CT molecular complexity index is 366. The third-order valence-corrected chi connectivity index (χ3v) is 2.68. The number of fused-ring (bicyclic) bond motifs is 1. The van der Waals surface area contributed by atoms with Crippen molar-refractivity contribution in [3.63, 3.8) is 0 Å². The molecule has 1 aliphatic heterocycles. The van der Waals surface area contributed by atoms with Crippen molar-refractivity contribution < 1.29 is 13.2 Å². The molecule has 0 saturated carbocycles. The fourth-order valence-electron chi connectivity index (χ4n) is 1.82. The maximum Gasteiger partial charge on any atom is 0.392 e. The molecule has 0 fully saturated rings. The summed E-state index contributed by atoms with van der Waals surface area (Å²) in [5.74, 6) is -0.338. The fraction of sp³-hybridized carbons (Fsp3) is 0.750. The molecule has 0 amide bonds. The topological polar surface area (TPSA) is 56.7 Å². The van der Waals surface area contributed by atoms with E-state index in [4.69, 9.17) is 5.73 Å². The lowest BCUT2D eigenvalue weighted by molar-refractivity contribution is -0.179. The normalized spacial score (nSPS) is 18.9. The van der Waals surface area contributed by atoms with Gasteiger partial charge in [0.2, 0.25) is 0 Å². The summed E-state index contributed by atoms with van der Waals surface area (Å²) in [6.45, 7) is 0.517. The molecular weight excluding hydrogens is 280 g/mol. The minimum atomic E-state index is -4.14. The van der Waals surface area contributed by atoms with Crippen molar-refractivity contribution in [3.8, 4) is 0 Å². The van der Waals surface area contributed by atoms with Gasteiger partial charge < -0.3 is 10.3 Å². The molecule has 2 heterocycles. The maximum absolute atomic E-state index is 12.4. The summed E-state index contributed by atoms with van der Waals surface area (Å²) in [5, 5.41) is 7.48. The molecule has 0 aromatic carbocycles. The summed E-state index contributed by atoms with van der Waals surface area (Å²) in [4.78, 5) is 0. The zero-order valence-electron chi connectivity index (χ0n) is 8.78. The van der Waals surface area contributed by atoms with Gasteiger partial charge >= 0.3 is 6.18 Å². The summed E-state index contributed by atoms with van der Waals surface area (Å²) in [5.41, 5.74) is 5.39. The molecule has 9 heteroatoms. The van der Waals surface area contributed by atoms with Crippen molar-refractivity contribution in [2.24, 2.45) is 11.7 Å². The molecule has 2 N–H and O–H groups in total. The van der Waals surface area contributed by atoms with E-state index in [1.165, 1.54) is 0 Å². The van der Waals surface area contributed by atoms with E-state index < -0.39 is 12.1 Å². The van der Waals surface area contributed by atoms with Crippen LogP contribution in [0.5, 0.6) is 0 Å². The third-order valence-electron chi connectivity index (χ3n) is 2.68. The van der Waals surface area contributed by atoms with Crippen LogP contribution in [0.2, 0.25) is 0 Å². The highest BCUT2D eigenvalue weighted by atomic mass is 35.5. The van der Waals surface area contributed by atoms with Gasteiger partial charge in [0.05, 0.1) is 12.5 Å². The Hall–Kier alpha value is -0.530. The van der Waals surface area contributed by atoms with Crippen LogP contribution in [-0.2, 0) is 19.5 Å². The molecule has 1 atom stereocenters. The second-order valence-electron chi connectivity index (χ2n) is 3.62. The van der Waals surface area contributed by atoms with Gasteiger partial charge in [-0.2, -0.15) is 13.2 Å². The average Bonchev–Trinajstić information content (AvgIpc) is 2.58. The molecule has 0 saturated heterocycles. The monoisotopic (exact) mass is 292 g/mol. The number of hydrogen-bond donors (Lipinski definition) is 1. The van der Waals surface area contributed by atoms with Gasteiger partial charge in [0.1, 0.15) is 11.6 Å². The quantitative estimate of drug-likeness (QED) is 0.857. The van der Waals surface area contributed by atoms with E-state index in [-0.39, 0.29) is 44.2 Å². The van der Waals surface area contributed by atoms with Crippen LogP contribution in [0.3, 0.4) is 0 Å². The molecule has 1 aliphatic rings. The third kappa shape index (κ3) is 3.23. The minimum absolute atomic E-state index is 0. The van der Waals surface area contributed by atoms with Crippen molar-refractivity contribution in [2.45, 2.75) is 32.1 Å². The first kappa shape index (κ1) is 16.5. The Morgan fingerprint density at radius 2 is 1.94 bits per heavy atom. The van der Waals surface area contributed by atoms with Crippen LogP contribution in [0.15, 0.2) is 0 Å². The van der Waals surface area contributed by atoms with Crippen LogP contribution < -0.4 is 5.73 Å². The first-order chi connectivity index (χ1) is 7.02. The summed E-state index contributed by atoms with van der Waals surface area (Å²) in [6.07, 6.45) is -4.14. The average molecular weight is 293 g/mol. The van der Waals surface area contributed by atoms with Gasteiger partial charge in [-0.1, -0.05) is 0 Å². The lowest BCUT2D eigenvalue weighted by atomic mass is 9.97. The first-order valence-electron chi connectivity index (χ1n) is 4.70. The van der Waals surface area contributed by atoms with Crippen LogP contribution in [0.1, 0.15) is 18.1 Å². The summed E-state index contributed by atoms with van der Waals surface area (Å²) < 4.78 is 39.0. The second-order valence-corrected chi connectivity index (χ2v) is 3.62. The molecule has 0 spiro atoms. The molecule has 100 valence electrons. The Morgan fingerprint density at radius 3 is 2.47 bits per heavy atom. The molecule has 1 unspecified atom stereocenters. The number of nitrogens with two attached hydrogens (primary N) is 1. The highest BCUT2D eigenvalue weighted by Gasteiger charge is 2.42. The van der Waals surface area contributed by atoms with Crippen molar-refractivity contribution in [2.75, 3.05) is 0 Å². The number of aromatic nitrogens is 3. The second kappa shape index (κ2) is 5.88. The van der Waals surface area contributed by atoms with Gasteiger partial charge in [-0.15, -0.1) is 35.0 Å². The van der Waals surface area contributed by atoms with E-state index in [9.17, 15) is 13.2 Å². The van der Waals surface area contributed by atoms with E-state index in [0.717, 1.165) is 0 Å². The van der Waals surface area contributed by atoms with E-state index in [1.54, 1.807) is 4.57 Å². The van der Waals surface area contributed by atoms with Crippen LogP contribution >= 0.6 is 24.8 Å². The molecule has 2 rings (SSSR count). The molecule has 17 heavy (non-hydrogen) atoms. The lowest BCUT2D eigenvalue weighted by Crippen LogP contribution is -2.31. The maximum atomic E-state index is 12.4. The number of rotatable bonds is 1. The van der Waals surface area contributed by atoms with Crippen LogP contribution in [0, 0.1) is 5.92 Å². The van der Waals surface area contributed by atoms with Crippen LogP contribution in [0.25, 0.3) is 0 Å². The minimum Gasteiger partial charge on any atom is -0.324 e. The Labute approximate surface area is 109 Å². The van der Waals surface area contributed by atoms with Gasteiger partial charge in [-0.25, -0.2) is 0 Å². The standard InChI is InChI=1S/C8H11F3N4.2ClH/c9-8(10,11)5-1-2-15-6(3-5)13-14-7(15)4-12;;/h5H,1-4,12H2;2*1H. The fourth-order valence-corrected chi connectivity index (χ4v) is 1.82. The Balaban J connectivity index is 0.00000128. The molecule has 0 aliphatic carbocycles. The highest BCUT2D eigenvalue weighted by Crippen LogP contribution is 2.34. The molecule has 0 radical (unpaired) electrons. The number of nitrogens with zero attached hydrogens (tertiary/aromatic N) is 3. The highest BCUT2D eigenvalue weighted by molar-refractivity contribution is 5.85. The van der Waals surface area contributed by atoms with Gasteiger partial charge in [-0.3, -0.25) is 0 Å². The Morgan fingerprint density at radius 1 is 1.29 bits per heavy atom. The molecule has 1 aromatic heterocycles. The van der Waals surface area contributed by atoms with Gasteiger partial charge in [-0.05, 0) is 6.42 Å². The smallest absolute Gasteiger partial charge is 0.324 e. The summed E-state index contributed by atoms with van der Waals surface area (Å²) in [7, 11) is 0. The van der Waals surface area contributed by atoms with Crippen LogP contribution in [-0.4, -0.2) is 20.9 Å². The van der Waals surface area contributed by atoms with Gasteiger partial charge in [0.25, 0.3) is 0 Å². The van der Waals surface area contributed by atoms with Crippen molar-refractivity contribution >= 4 is 24.8 Å². The predicted molar refractivity (Wildman–Crippen MR) is 60.3 cm³/mol. The van der Waals surface area contributed by atoms with Crippen molar-refractivity contribution in [3.05, 3.63) is 11.6 Å². The van der Waals surface area contributed by atoms with Crippen molar-refractivity contribution in [1.29, 1.82) is 0 Å². The largest absolute Gasteiger partial charge is 0.392 e. The predicted octanol–water partition coefficient (Wildman–Crippen LogP) is 1.71. The van der Waals surface area contributed by atoms with Crippen molar-refractivity contribution in [1.82, 2.24) is 14.8 Å². The van der Waals surface area contributed by atoms with Gasteiger partial charge in [0, 0.05) is 13.0 Å². The summed E-state index contributed by atoms with van der Waals surface area (Å²) in [6, 6.07) is 0. The van der Waals surface area contributed by atoms with E-state index in [2.05, 4.69) is 10.2 Å².